The SMILES string of the molecule is NC(=O)c1cc(N)cnc1Oc1ccc2ccccc2c1. The van der Waals surface area contributed by atoms with Crippen LogP contribution in [0.1, 0.15) is 10.4 Å². The van der Waals surface area contributed by atoms with E-state index < -0.39 is 5.91 Å². The molecule has 5 heteroatoms. The molecule has 0 radical (unpaired) electrons. The molecule has 4 N–H and O–H groups in total. The van der Waals surface area contributed by atoms with Gasteiger partial charge in [-0.15, -0.1) is 0 Å². The molecule has 21 heavy (non-hydrogen) atoms. The van der Waals surface area contributed by atoms with Crippen LogP contribution in [0.4, 0.5) is 5.69 Å². The molecule has 0 spiro atoms. The fourth-order valence-corrected chi connectivity index (χ4v) is 2.07. The van der Waals surface area contributed by atoms with Gasteiger partial charge in [0.15, 0.2) is 0 Å². The summed E-state index contributed by atoms with van der Waals surface area (Å²) in [6, 6.07) is 15.0. The number of amides is 1. The van der Waals surface area contributed by atoms with Crippen molar-refractivity contribution < 1.29 is 9.53 Å². The van der Waals surface area contributed by atoms with Crippen molar-refractivity contribution in [3.63, 3.8) is 0 Å². The van der Waals surface area contributed by atoms with Crippen molar-refractivity contribution in [2.24, 2.45) is 5.73 Å². The van der Waals surface area contributed by atoms with Crippen LogP contribution in [0.5, 0.6) is 11.6 Å². The van der Waals surface area contributed by atoms with Gasteiger partial charge in [0.2, 0.25) is 5.88 Å². The first kappa shape index (κ1) is 12.9. The first-order valence-electron chi connectivity index (χ1n) is 6.35. The molecule has 3 rings (SSSR count). The van der Waals surface area contributed by atoms with Crippen LogP contribution >= 0.6 is 0 Å². The molecule has 0 aliphatic rings. The fraction of sp³-hybridized carbons (Fsp3) is 0. The molecule has 0 bridgehead atoms. The van der Waals surface area contributed by atoms with Crippen LogP contribution in [0.15, 0.2) is 54.7 Å². The molecule has 0 atom stereocenters. The lowest BCUT2D eigenvalue weighted by Gasteiger charge is -2.09. The van der Waals surface area contributed by atoms with E-state index in [0.29, 0.717) is 11.4 Å². The van der Waals surface area contributed by atoms with Gasteiger partial charge in [-0.2, -0.15) is 0 Å². The minimum atomic E-state index is -0.634. The number of nitrogen functional groups attached to an aromatic ring is 1. The Balaban J connectivity index is 2.00. The molecule has 1 aromatic heterocycles. The van der Waals surface area contributed by atoms with Crippen LogP contribution in [-0.4, -0.2) is 10.9 Å². The number of nitrogens with zero attached hydrogens (tertiary/aromatic N) is 1. The van der Waals surface area contributed by atoms with Crippen LogP contribution in [-0.2, 0) is 0 Å². The van der Waals surface area contributed by atoms with Crippen molar-refractivity contribution in [1.82, 2.24) is 4.98 Å². The summed E-state index contributed by atoms with van der Waals surface area (Å²) < 4.78 is 5.67. The van der Waals surface area contributed by atoms with Gasteiger partial charge in [-0.05, 0) is 29.0 Å². The number of carbonyl (C=O) groups excluding carboxylic acids is 1. The van der Waals surface area contributed by atoms with Gasteiger partial charge in [0.05, 0.1) is 11.9 Å². The maximum Gasteiger partial charge on any atom is 0.254 e. The van der Waals surface area contributed by atoms with Crippen LogP contribution < -0.4 is 16.2 Å². The summed E-state index contributed by atoms with van der Waals surface area (Å²) in [5.41, 5.74) is 11.4. The largest absolute Gasteiger partial charge is 0.438 e. The highest BCUT2D eigenvalue weighted by Gasteiger charge is 2.12. The Morgan fingerprint density at radius 3 is 2.57 bits per heavy atom. The van der Waals surface area contributed by atoms with Crippen LogP contribution in [0.2, 0.25) is 0 Å². The fourth-order valence-electron chi connectivity index (χ4n) is 2.07. The number of carbonyl (C=O) groups is 1. The Kier molecular flexibility index (Phi) is 3.16. The number of anilines is 1. The van der Waals surface area contributed by atoms with Gasteiger partial charge in [-0.1, -0.05) is 30.3 Å². The van der Waals surface area contributed by atoms with Crippen LogP contribution in [0, 0.1) is 0 Å². The van der Waals surface area contributed by atoms with E-state index in [4.69, 9.17) is 16.2 Å². The Labute approximate surface area is 121 Å². The van der Waals surface area contributed by atoms with E-state index >= 15 is 0 Å². The highest BCUT2D eigenvalue weighted by atomic mass is 16.5. The molecule has 0 aliphatic heterocycles. The quantitative estimate of drug-likeness (QED) is 0.771. The number of benzene rings is 2. The maximum absolute atomic E-state index is 11.4. The predicted molar refractivity (Wildman–Crippen MR) is 81.2 cm³/mol. The molecule has 0 saturated carbocycles. The second-order valence-corrected chi connectivity index (χ2v) is 4.60. The summed E-state index contributed by atoms with van der Waals surface area (Å²) in [5, 5.41) is 2.14. The minimum absolute atomic E-state index is 0.145. The highest BCUT2D eigenvalue weighted by Crippen LogP contribution is 2.27. The molecule has 0 saturated heterocycles. The van der Waals surface area contributed by atoms with E-state index in [0.717, 1.165) is 10.8 Å². The van der Waals surface area contributed by atoms with Gasteiger partial charge >= 0.3 is 0 Å². The van der Waals surface area contributed by atoms with Crippen LogP contribution in [0.25, 0.3) is 10.8 Å². The van der Waals surface area contributed by atoms with E-state index in [1.54, 1.807) is 0 Å². The summed E-state index contributed by atoms with van der Waals surface area (Å²) in [5.74, 6) is 0.0889. The lowest BCUT2D eigenvalue weighted by Crippen LogP contribution is -2.13. The Morgan fingerprint density at radius 1 is 1.05 bits per heavy atom. The van der Waals surface area contributed by atoms with Gasteiger partial charge in [-0.25, -0.2) is 4.98 Å². The highest BCUT2D eigenvalue weighted by molar-refractivity contribution is 5.96. The van der Waals surface area contributed by atoms with Crippen molar-refractivity contribution in [1.29, 1.82) is 0 Å². The first-order valence-corrected chi connectivity index (χ1v) is 6.35. The number of fused-ring (bicyclic) bond motifs is 1. The zero-order chi connectivity index (χ0) is 14.8. The number of primary amides is 1. The van der Waals surface area contributed by atoms with Crippen molar-refractivity contribution >= 4 is 22.4 Å². The normalized spacial score (nSPS) is 10.5. The number of hydrogen-bond acceptors (Lipinski definition) is 4. The zero-order valence-electron chi connectivity index (χ0n) is 11.1. The molecule has 3 aromatic rings. The molecule has 1 amide bonds. The Morgan fingerprint density at radius 2 is 1.81 bits per heavy atom. The lowest BCUT2D eigenvalue weighted by atomic mass is 10.1. The van der Waals surface area contributed by atoms with Crippen molar-refractivity contribution in [3.05, 3.63) is 60.3 Å². The summed E-state index contributed by atoms with van der Waals surface area (Å²) in [6.07, 6.45) is 1.42. The molecule has 0 unspecified atom stereocenters. The van der Waals surface area contributed by atoms with E-state index in [2.05, 4.69) is 4.98 Å². The van der Waals surface area contributed by atoms with E-state index in [1.807, 2.05) is 42.5 Å². The van der Waals surface area contributed by atoms with Gasteiger partial charge in [0.25, 0.3) is 5.91 Å². The third-order valence-corrected chi connectivity index (χ3v) is 3.07. The average Bonchev–Trinajstić information content (AvgIpc) is 2.49. The first-order chi connectivity index (χ1) is 10.1. The van der Waals surface area contributed by atoms with E-state index in [-0.39, 0.29) is 11.4 Å². The monoisotopic (exact) mass is 279 g/mol. The maximum atomic E-state index is 11.4. The molecular weight excluding hydrogens is 266 g/mol. The molecule has 0 aliphatic carbocycles. The molecule has 1 heterocycles. The predicted octanol–water partition coefficient (Wildman–Crippen LogP) is 2.71. The summed E-state index contributed by atoms with van der Waals surface area (Å²) in [6.45, 7) is 0. The number of hydrogen-bond donors (Lipinski definition) is 2. The second kappa shape index (κ2) is 5.13. The van der Waals surface area contributed by atoms with Crippen LogP contribution in [0.3, 0.4) is 0 Å². The minimum Gasteiger partial charge on any atom is -0.438 e. The van der Waals surface area contributed by atoms with E-state index in [1.165, 1.54) is 12.3 Å². The second-order valence-electron chi connectivity index (χ2n) is 4.60. The molecule has 5 nitrogen and oxygen atoms in total. The Bertz CT molecular complexity index is 831. The van der Waals surface area contributed by atoms with Gasteiger partial charge in [-0.3, -0.25) is 4.79 Å². The number of rotatable bonds is 3. The summed E-state index contributed by atoms with van der Waals surface area (Å²) >= 11 is 0. The third-order valence-electron chi connectivity index (χ3n) is 3.07. The van der Waals surface area contributed by atoms with Crippen molar-refractivity contribution in [2.45, 2.75) is 0 Å². The number of pyridine rings is 1. The summed E-state index contributed by atoms with van der Waals surface area (Å²) in [4.78, 5) is 15.5. The number of ether oxygens (including phenoxy) is 1. The Hall–Kier alpha value is -3.08. The van der Waals surface area contributed by atoms with E-state index in [9.17, 15) is 4.79 Å². The average molecular weight is 279 g/mol. The molecular formula is C16H13N3O2. The molecule has 0 fully saturated rings. The third kappa shape index (κ3) is 2.62. The summed E-state index contributed by atoms with van der Waals surface area (Å²) in [7, 11) is 0. The standard InChI is InChI=1S/C16H13N3O2/c17-12-8-14(15(18)20)16(19-9-12)21-13-6-5-10-3-1-2-4-11(10)7-13/h1-9H,17H2,(H2,18,20). The van der Waals surface area contributed by atoms with Crippen molar-refractivity contribution in [2.75, 3.05) is 5.73 Å². The number of nitrogens with two attached hydrogens (primary N) is 2. The topological polar surface area (TPSA) is 91.2 Å². The number of aromatic nitrogens is 1. The lowest BCUT2D eigenvalue weighted by molar-refractivity contribution is 0.0997. The smallest absolute Gasteiger partial charge is 0.254 e. The van der Waals surface area contributed by atoms with Gasteiger partial charge < -0.3 is 16.2 Å². The zero-order valence-corrected chi connectivity index (χ0v) is 11.1. The van der Waals surface area contributed by atoms with Gasteiger partial charge in [0, 0.05) is 0 Å². The van der Waals surface area contributed by atoms with Gasteiger partial charge in [0.1, 0.15) is 11.3 Å². The van der Waals surface area contributed by atoms with Crippen molar-refractivity contribution in [3.8, 4) is 11.6 Å². The molecule has 2 aromatic carbocycles. The molecule has 104 valence electrons.